The van der Waals surface area contributed by atoms with Crippen LogP contribution in [0.25, 0.3) is 0 Å². The maximum atomic E-state index is 12.2. The van der Waals surface area contributed by atoms with Gasteiger partial charge >= 0.3 is 11.8 Å². The SMILES string of the molecule is COCCN(C(=O)OC(C)(C)C)c1ccncc1[N+](=O)[O-]. The van der Waals surface area contributed by atoms with Crippen molar-refractivity contribution in [2.45, 2.75) is 26.4 Å². The quantitative estimate of drug-likeness (QED) is 0.611. The summed E-state index contributed by atoms with van der Waals surface area (Å²) in [6, 6.07) is 1.40. The summed E-state index contributed by atoms with van der Waals surface area (Å²) in [7, 11) is 1.48. The van der Waals surface area contributed by atoms with Gasteiger partial charge in [0.25, 0.3) is 0 Å². The molecule has 1 amide bonds. The maximum absolute atomic E-state index is 12.2. The molecule has 0 radical (unpaired) electrons. The number of amides is 1. The standard InChI is InChI=1S/C13H19N3O5/c1-13(2,3)21-12(17)15(7-8-20-4)10-5-6-14-9-11(10)16(18)19/h5-6,9H,7-8H2,1-4H3. The maximum Gasteiger partial charge on any atom is 0.415 e. The Morgan fingerprint density at radius 2 is 2.14 bits per heavy atom. The second-order valence-corrected chi connectivity index (χ2v) is 5.25. The van der Waals surface area contributed by atoms with Crippen molar-refractivity contribution in [3.05, 3.63) is 28.6 Å². The molecule has 1 heterocycles. The van der Waals surface area contributed by atoms with Crippen LogP contribution in [0.5, 0.6) is 0 Å². The Morgan fingerprint density at radius 1 is 1.48 bits per heavy atom. The van der Waals surface area contributed by atoms with Crippen molar-refractivity contribution in [1.29, 1.82) is 0 Å². The van der Waals surface area contributed by atoms with Gasteiger partial charge in [0.2, 0.25) is 0 Å². The van der Waals surface area contributed by atoms with Crippen molar-refractivity contribution in [2.24, 2.45) is 0 Å². The van der Waals surface area contributed by atoms with Crippen molar-refractivity contribution >= 4 is 17.5 Å². The van der Waals surface area contributed by atoms with Crippen LogP contribution >= 0.6 is 0 Å². The lowest BCUT2D eigenvalue weighted by Crippen LogP contribution is -2.39. The lowest BCUT2D eigenvalue weighted by molar-refractivity contribution is -0.384. The molecule has 0 aliphatic heterocycles. The predicted octanol–water partition coefficient (Wildman–Crippen LogP) is 2.38. The molecule has 0 aliphatic rings. The van der Waals surface area contributed by atoms with Gasteiger partial charge in [-0.25, -0.2) is 4.79 Å². The summed E-state index contributed by atoms with van der Waals surface area (Å²) in [5.41, 5.74) is -0.842. The molecular weight excluding hydrogens is 278 g/mol. The molecule has 8 heteroatoms. The van der Waals surface area contributed by atoms with Crippen LogP contribution in [0.1, 0.15) is 20.8 Å². The summed E-state index contributed by atoms with van der Waals surface area (Å²) in [5.74, 6) is 0. The van der Waals surface area contributed by atoms with Gasteiger partial charge in [-0.05, 0) is 26.8 Å². The zero-order valence-corrected chi connectivity index (χ0v) is 12.5. The Balaban J connectivity index is 3.13. The third-order valence-corrected chi connectivity index (χ3v) is 2.40. The molecule has 0 unspecified atom stereocenters. The summed E-state index contributed by atoms with van der Waals surface area (Å²) < 4.78 is 10.2. The molecule has 0 fully saturated rings. The third kappa shape index (κ3) is 4.99. The molecule has 0 saturated carbocycles. The number of ether oxygens (including phenoxy) is 2. The van der Waals surface area contributed by atoms with Gasteiger partial charge < -0.3 is 9.47 Å². The van der Waals surface area contributed by atoms with Gasteiger partial charge in [0, 0.05) is 13.3 Å². The average Bonchev–Trinajstić information content (AvgIpc) is 2.37. The Bertz CT molecular complexity index is 513. The van der Waals surface area contributed by atoms with Gasteiger partial charge in [0.1, 0.15) is 17.5 Å². The van der Waals surface area contributed by atoms with Gasteiger partial charge in [-0.2, -0.15) is 0 Å². The number of anilines is 1. The Hall–Kier alpha value is -2.22. The van der Waals surface area contributed by atoms with E-state index >= 15 is 0 Å². The number of nitro groups is 1. The van der Waals surface area contributed by atoms with Crippen molar-refractivity contribution in [3.63, 3.8) is 0 Å². The van der Waals surface area contributed by atoms with Crippen LogP contribution < -0.4 is 4.90 Å². The number of pyridine rings is 1. The zero-order chi connectivity index (χ0) is 16.0. The minimum atomic E-state index is -0.704. The van der Waals surface area contributed by atoms with E-state index in [9.17, 15) is 14.9 Å². The number of methoxy groups -OCH3 is 1. The van der Waals surface area contributed by atoms with Gasteiger partial charge in [0.15, 0.2) is 0 Å². The Morgan fingerprint density at radius 3 is 2.67 bits per heavy atom. The van der Waals surface area contributed by atoms with Crippen molar-refractivity contribution < 1.29 is 19.2 Å². The molecular formula is C13H19N3O5. The number of carbonyl (C=O) groups excluding carboxylic acids is 1. The normalized spacial score (nSPS) is 11.0. The highest BCUT2D eigenvalue weighted by atomic mass is 16.6. The van der Waals surface area contributed by atoms with Gasteiger partial charge in [-0.15, -0.1) is 0 Å². The van der Waals surface area contributed by atoms with Crippen molar-refractivity contribution in [2.75, 3.05) is 25.2 Å². The first kappa shape index (κ1) is 16.8. The molecule has 1 aromatic heterocycles. The number of carbonyl (C=O) groups is 1. The number of nitrogens with zero attached hydrogens (tertiary/aromatic N) is 3. The first-order valence-electron chi connectivity index (χ1n) is 6.34. The monoisotopic (exact) mass is 297 g/mol. The van der Waals surface area contributed by atoms with Gasteiger partial charge in [-0.1, -0.05) is 0 Å². The lowest BCUT2D eigenvalue weighted by atomic mass is 10.2. The van der Waals surface area contributed by atoms with Crippen LogP contribution in [0.15, 0.2) is 18.5 Å². The molecule has 0 spiro atoms. The number of aromatic nitrogens is 1. The zero-order valence-electron chi connectivity index (χ0n) is 12.5. The van der Waals surface area contributed by atoms with E-state index in [4.69, 9.17) is 9.47 Å². The lowest BCUT2D eigenvalue weighted by Gasteiger charge is -2.26. The first-order valence-corrected chi connectivity index (χ1v) is 6.34. The number of rotatable bonds is 5. The highest BCUT2D eigenvalue weighted by Crippen LogP contribution is 2.27. The van der Waals surface area contributed by atoms with E-state index in [0.29, 0.717) is 0 Å². The Kier molecular flexibility index (Phi) is 5.60. The average molecular weight is 297 g/mol. The largest absolute Gasteiger partial charge is 0.443 e. The molecule has 8 nitrogen and oxygen atoms in total. The van der Waals surface area contributed by atoms with E-state index in [-0.39, 0.29) is 24.5 Å². The molecule has 116 valence electrons. The summed E-state index contributed by atoms with van der Waals surface area (Å²) in [4.78, 5) is 27.6. The number of hydrogen-bond acceptors (Lipinski definition) is 6. The van der Waals surface area contributed by atoms with Crippen LogP contribution in [-0.4, -0.2) is 41.9 Å². The van der Waals surface area contributed by atoms with Crippen LogP contribution in [0, 0.1) is 10.1 Å². The minimum absolute atomic E-state index is 0.126. The minimum Gasteiger partial charge on any atom is -0.443 e. The van der Waals surface area contributed by atoms with Crippen molar-refractivity contribution in [3.8, 4) is 0 Å². The molecule has 0 aromatic carbocycles. The molecule has 1 rings (SSSR count). The second-order valence-electron chi connectivity index (χ2n) is 5.25. The van der Waals surface area contributed by atoms with E-state index in [1.54, 1.807) is 20.8 Å². The smallest absolute Gasteiger partial charge is 0.415 e. The van der Waals surface area contributed by atoms with Crippen molar-refractivity contribution in [1.82, 2.24) is 4.98 Å². The fourth-order valence-corrected chi connectivity index (χ4v) is 1.56. The summed E-state index contributed by atoms with van der Waals surface area (Å²) in [6.45, 7) is 5.52. The molecule has 21 heavy (non-hydrogen) atoms. The second kappa shape index (κ2) is 6.98. The van der Waals surface area contributed by atoms with Crippen LogP contribution in [0.2, 0.25) is 0 Å². The van der Waals surface area contributed by atoms with E-state index in [1.807, 2.05) is 0 Å². The molecule has 0 bridgehead atoms. The first-order chi connectivity index (χ1) is 9.76. The predicted molar refractivity (Wildman–Crippen MR) is 76.3 cm³/mol. The van der Waals surface area contributed by atoms with Gasteiger partial charge in [0.05, 0.1) is 18.1 Å². The molecule has 1 aromatic rings. The topological polar surface area (TPSA) is 94.8 Å². The highest BCUT2D eigenvalue weighted by Gasteiger charge is 2.28. The highest BCUT2D eigenvalue weighted by molar-refractivity contribution is 5.90. The number of hydrogen-bond donors (Lipinski definition) is 0. The fraction of sp³-hybridized carbons (Fsp3) is 0.538. The van der Waals surface area contributed by atoms with E-state index in [2.05, 4.69) is 4.98 Å². The fourth-order valence-electron chi connectivity index (χ4n) is 1.56. The van der Waals surface area contributed by atoms with Crippen LogP contribution in [0.4, 0.5) is 16.2 Å². The van der Waals surface area contributed by atoms with Gasteiger partial charge in [-0.3, -0.25) is 20.0 Å². The van der Waals surface area contributed by atoms with E-state index in [0.717, 1.165) is 6.20 Å². The molecule has 0 N–H and O–H groups in total. The molecule has 0 atom stereocenters. The summed E-state index contributed by atoms with van der Waals surface area (Å²) in [6.07, 6.45) is 1.81. The van der Waals surface area contributed by atoms with Crippen LogP contribution in [-0.2, 0) is 9.47 Å². The molecule has 0 aliphatic carbocycles. The summed E-state index contributed by atoms with van der Waals surface area (Å²) in [5, 5.41) is 11.1. The third-order valence-electron chi connectivity index (χ3n) is 2.40. The summed E-state index contributed by atoms with van der Waals surface area (Å²) >= 11 is 0. The Labute approximate surface area is 122 Å². The molecule has 0 saturated heterocycles. The van der Waals surface area contributed by atoms with E-state index in [1.165, 1.54) is 24.3 Å². The van der Waals surface area contributed by atoms with E-state index < -0.39 is 16.6 Å². The van der Waals surface area contributed by atoms with Crippen LogP contribution in [0.3, 0.4) is 0 Å².